The molecule has 0 aliphatic carbocycles. The molecule has 1 aliphatic heterocycles. The SMILES string of the molecule is CC(C)c1ccc(Nc2cc(C(=O)NCCN3CCOCC3)ncn2)cc1. The molecule has 1 saturated heterocycles. The first-order valence-electron chi connectivity index (χ1n) is 9.39. The summed E-state index contributed by atoms with van der Waals surface area (Å²) in [6.45, 7) is 9.06. The molecule has 1 amide bonds. The number of ether oxygens (including phenoxy) is 1. The molecule has 3 rings (SSSR count). The molecule has 2 aromatic rings. The summed E-state index contributed by atoms with van der Waals surface area (Å²) in [5.41, 5.74) is 2.56. The van der Waals surface area contributed by atoms with Gasteiger partial charge in [0.2, 0.25) is 0 Å². The second-order valence-corrected chi connectivity index (χ2v) is 6.90. The molecule has 27 heavy (non-hydrogen) atoms. The molecule has 1 aromatic carbocycles. The standard InChI is InChI=1S/C20H27N5O2/c1-15(2)16-3-5-17(6-4-16)24-19-13-18(22-14-23-19)20(26)21-7-8-25-9-11-27-12-10-25/h3-6,13-15H,7-12H2,1-2H3,(H,21,26)(H,22,23,24). The number of hydrogen-bond acceptors (Lipinski definition) is 6. The maximum Gasteiger partial charge on any atom is 0.270 e. The Labute approximate surface area is 160 Å². The molecule has 2 heterocycles. The molecule has 0 atom stereocenters. The predicted molar refractivity (Wildman–Crippen MR) is 105 cm³/mol. The highest BCUT2D eigenvalue weighted by Gasteiger charge is 2.12. The van der Waals surface area contributed by atoms with Gasteiger partial charge in [-0.3, -0.25) is 9.69 Å². The van der Waals surface area contributed by atoms with Crippen molar-refractivity contribution in [3.8, 4) is 0 Å². The van der Waals surface area contributed by atoms with Crippen LogP contribution in [0.4, 0.5) is 11.5 Å². The second kappa shape index (κ2) is 9.43. The molecule has 0 radical (unpaired) electrons. The van der Waals surface area contributed by atoms with Crippen LogP contribution in [0.15, 0.2) is 36.7 Å². The van der Waals surface area contributed by atoms with E-state index in [2.05, 4.69) is 51.5 Å². The number of aromatic nitrogens is 2. The Bertz CT molecular complexity index is 742. The third kappa shape index (κ3) is 5.74. The maximum atomic E-state index is 12.3. The average molecular weight is 369 g/mol. The Balaban J connectivity index is 1.53. The summed E-state index contributed by atoms with van der Waals surface area (Å²) < 4.78 is 5.32. The molecule has 7 heteroatoms. The zero-order valence-corrected chi connectivity index (χ0v) is 15.9. The second-order valence-electron chi connectivity index (χ2n) is 6.90. The summed E-state index contributed by atoms with van der Waals surface area (Å²) in [6.07, 6.45) is 1.40. The van der Waals surface area contributed by atoms with E-state index in [-0.39, 0.29) is 5.91 Å². The number of carbonyl (C=O) groups excluding carboxylic acids is 1. The highest BCUT2D eigenvalue weighted by Crippen LogP contribution is 2.19. The van der Waals surface area contributed by atoms with Crippen LogP contribution < -0.4 is 10.6 Å². The largest absolute Gasteiger partial charge is 0.379 e. The first-order valence-corrected chi connectivity index (χ1v) is 9.39. The molecule has 7 nitrogen and oxygen atoms in total. The van der Waals surface area contributed by atoms with E-state index in [0.29, 0.717) is 24.0 Å². The van der Waals surface area contributed by atoms with Crippen LogP contribution >= 0.6 is 0 Å². The Morgan fingerprint density at radius 2 is 1.93 bits per heavy atom. The number of benzene rings is 1. The maximum absolute atomic E-state index is 12.3. The van der Waals surface area contributed by atoms with Crippen molar-refractivity contribution in [2.45, 2.75) is 19.8 Å². The quantitative estimate of drug-likeness (QED) is 0.780. The smallest absolute Gasteiger partial charge is 0.270 e. The van der Waals surface area contributed by atoms with Crippen LogP contribution in [0.25, 0.3) is 0 Å². The number of nitrogens with one attached hydrogen (secondary N) is 2. The van der Waals surface area contributed by atoms with E-state index in [4.69, 9.17) is 4.74 Å². The summed E-state index contributed by atoms with van der Waals surface area (Å²) in [4.78, 5) is 22.9. The van der Waals surface area contributed by atoms with Crippen molar-refractivity contribution < 1.29 is 9.53 Å². The van der Waals surface area contributed by atoms with Crippen molar-refractivity contribution in [1.29, 1.82) is 0 Å². The Morgan fingerprint density at radius 3 is 2.63 bits per heavy atom. The number of nitrogens with zero attached hydrogens (tertiary/aromatic N) is 3. The molecule has 0 saturated carbocycles. The third-order valence-corrected chi connectivity index (χ3v) is 4.57. The Hall–Kier alpha value is -2.51. The fourth-order valence-electron chi connectivity index (χ4n) is 2.89. The zero-order chi connectivity index (χ0) is 19.1. The van der Waals surface area contributed by atoms with Crippen LogP contribution in [0, 0.1) is 0 Å². The van der Waals surface area contributed by atoms with Crippen molar-refractivity contribution in [3.63, 3.8) is 0 Å². The number of amides is 1. The van der Waals surface area contributed by atoms with Crippen LogP contribution in [0.5, 0.6) is 0 Å². The molecule has 1 aromatic heterocycles. The van der Waals surface area contributed by atoms with Crippen molar-refractivity contribution in [2.24, 2.45) is 0 Å². The lowest BCUT2D eigenvalue weighted by molar-refractivity contribution is 0.0383. The first-order chi connectivity index (χ1) is 13.1. The molecule has 0 bridgehead atoms. The number of rotatable bonds is 7. The van der Waals surface area contributed by atoms with Crippen molar-refractivity contribution in [2.75, 3.05) is 44.7 Å². The molecule has 2 N–H and O–H groups in total. The van der Waals surface area contributed by atoms with E-state index in [0.717, 1.165) is 38.5 Å². The first kappa shape index (κ1) is 19.3. The number of anilines is 2. The highest BCUT2D eigenvalue weighted by atomic mass is 16.5. The van der Waals surface area contributed by atoms with Crippen molar-refractivity contribution in [1.82, 2.24) is 20.2 Å². The Kier molecular flexibility index (Phi) is 6.73. The summed E-state index contributed by atoms with van der Waals surface area (Å²) in [5, 5.41) is 6.14. The summed E-state index contributed by atoms with van der Waals surface area (Å²) in [6, 6.07) is 9.88. The summed E-state index contributed by atoms with van der Waals surface area (Å²) >= 11 is 0. The highest BCUT2D eigenvalue weighted by molar-refractivity contribution is 5.92. The van der Waals surface area contributed by atoms with Crippen molar-refractivity contribution in [3.05, 3.63) is 47.9 Å². The molecule has 0 spiro atoms. The van der Waals surface area contributed by atoms with Gasteiger partial charge >= 0.3 is 0 Å². The fraction of sp³-hybridized carbons (Fsp3) is 0.450. The number of hydrogen-bond donors (Lipinski definition) is 2. The normalized spacial score (nSPS) is 14.9. The van der Waals surface area contributed by atoms with Gasteiger partial charge in [0.05, 0.1) is 13.2 Å². The molecule has 0 unspecified atom stereocenters. The van der Waals surface area contributed by atoms with E-state index < -0.39 is 0 Å². The van der Waals surface area contributed by atoms with E-state index in [1.54, 1.807) is 6.07 Å². The van der Waals surface area contributed by atoms with Gasteiger partial charge < -0.3 is 15.4 Å². The van der Waals surface area contributed by atoms with Crippen LogP contribution in [0.1, 0.15) is 35.8 Å². The van der Waals surface area contributed by atoms with Gasteiger partial charge in [0.15, 0.2) is 0 Å². The van der Waals surface area contributed by atoms with E-state index in [1.165, 1.54) is 11.9 Å². The van der Waals surface area contributed by atoms with Gasteiger partial charge in [-0.1, -0.05) is 26.0 Å². The van der Waals surface area contributed by atoms with Gasteiger partial charge in [0.1, 0.15) is 17.8 Å². The van der Waals surface area contributed by atoms with Gasteiger partial charge in [0.25, 0.3) is 5.91 Å². The lowest BCUT2D eigenvalue weighted by Crippen LogP contribution is -2.41. The van der Waals surface area contributed by atoms with Gasteiger partial charge in [-0.05, 0) is 23.6 Å². The predicted octanol–water partition coefficient (Wildman–Crippen LogP) is 2.41. The van der Waals surface area contributed by atoms with Gasteiger partial charge in [-0.25, -0.2) is 9.97 Å². The summed E-state index contributed by atoms with van der Waals surface area (Å²) in [7, 11) is 0. The lowest BCUT2D eigenvalue weighted by Gasteiger charge is -2.26. The van der Waals surface area contributed by atoms with E-state index in [1.807, 2.05) is 12.1 Å². The Morgan fingerprint density at radius 1 is 1.19 bits per heavy atom. The average Bonchev–Trinajstić information content (AvgIpc) is 2.69. The number of carbonyl (C=O) groups is 1. The monoisotopic (exact) mass is 369 g/mol. The van der Waals surface area contributed by atoms with E-state index >= 15 is 0 Å². The molecular weight excluding hydrogens is 342 g/mol. The minimum Gasteiger partial charge on any atom is -0.379 e. The minimum absolute atomic E-state index is 0.191. The number of morpholine rings is 1. The fourth-order valence-corrected chi connectivity index (χ4v) is 2.89. The zero-order valence-electron chi connectivity index (χ0n) is 15.9. The third-order valence-electron chi connectivity index (χ3n) is 4.57. The van der Waals surface area contributed by atoms with Gasteiger partial charge in [-0.15, -0.1) is 0 Å². The van der Waals surface area contributed by atoms with Crippen LogP contribution in [0.3, 0.4) is 0 Å². The van der Waals surface area contributed by atoms with Crippen LogP contribution in [-0.2, 0) is 4.74 Å². The molecule has 144 valence electrons. The minimum atomic E-state index is -0.191. The van der Waals surface area contributed by atoms with Crippen LogP contribution in [0.2, 0.25) is 0 Å². The molecule has 1 aliphatic rings. The lowest BCUT2D eigenvalue weighted by atomic mass is 10.0. The van der Waals surface area contributed by atoms with E-state index in [9.17, 15) is 4.79 Å². The summed E-state index contributed by atoms with van der Waals surface area (Å²) in [5.74, 6) is 0.898. The van der Waals surface area contributed by atoms with Crippen molar-refractivity contribution >= 4 is 17.4 Å². The molecule has 1 fully saturated rings. The molecular formula is C20H27N5O2. The van der Waals surface area contributed by atoms with Gasteiger partial charge in [-0.2, -0.15) is 0 Å². The van der Waals surface area contributed by atoms with Gasteiger partial charge in [0, 0.05) is 37.9 Å². The van der Waals surface area contributed by atoms with Crippen LogP contribution in [-0.4, -0.2) is 60.2 Å². The topological polar surface area (TPSA) is 79.4 Å².